The van der Waals surface area contributed by atoms with E-state index in [-0.39, 0.29) is 10.7 Å². The van der Waals surface area contributed by atoms with E-state index in [1.807, 2.05) is 7.05 Å². The van der Waals surface area contributed by atoms with E-state index in [9.17, 15) is 12.8 Å². The maximum absolute atomic E-state index is 13.6. The van der Waals surface area contributed by atoms with Crippen LogP contribution in [0.3, 0.4) is 0 Å². The van der Waals surface area contributed by atoms with Crippen LogP contribution in [0.25, 0.3) is 0 Å². The minimum Gasteiger partial charge on any atom is -0.319 e. The maximum atomic E-state index is 13.6. The molecular formula is C14H21FN2O2S. The molecule has 0 bridgehead atoms. The molecule has 1 N–H and O–H groups in total. The lowest BCUT2D eigenvalue weighted by molar-refractivity contribution is 0.451. The lowest BCUT2D eigenvalue weighted by atomic mass is 10.1. The molecule has 0 radical (unpaired) electrons. The molecular weight excluding hydrogens is 279 g/mol. The molecule has 1 aliphatic rings. The van der Waals surface area contributed by atoms with Crippen LogP contribution in [0.2, 0.25) is 0 Å². The Balaban J connectivity index is 2.28. The summed E-state index contributed by atoms with van der Waals surface area (Å²) in [5.41, 5.74) is 0.740. The molecule has 1 atom stereocenters. The molecule has 1 fully saturated rings. The Morgan fingerprint density at radius 2 is 1.95 bits per heavy atom. The summed E-state index contributed by atoms with van der Waals surface area (Å²) >= 11 is 0. The van der Waals surface area contributed by atoms with E-state index < -0.39 is 10.0 Å². The number of nitrogens with one attached hydrogen (secondary N) is 1. The van der Waals surface area contributed by atoms with Crippen molar-refractivity contribution in [2.75, 3.05) is 26.7 Å². The van der Waals surface area contributed by atoms with Crippen LogP contribution in [-0.2, 0) is 10.0 Å². The van der Waals surface area contributed by atoms with Gasteiger partial charge in [-0.1, -0.05) is 0 Å². The predicted molar refractivity (Wildman–Crippen MR) is 76.7 cm³/mol. The Bertz CT molecular complexity index is 578. The first kappa shape index (κ1) is 15.4. The summed E-state index contributed by atoms with van der Waals surface area (Å²) in [6.45, 7) is 5.06. The smallest absolute Gasteiger partial charge is 0.243 e. The van der Waals surface area contributed by atoms with Gasteiger partial charge in [0.1, 0.15) is 5.82 Å². The molecule has 1 aliphatic heterocycles. The van der Waals surface area contributed by atoms with Crippen molar-refractivity contribution in [2.45, 2.75) is 25.2 Å². The molecule has 0 aromatic heterocycles. The summed E-state index contributed by atoms with van der Waals surface area (Å²) in [6, 6.07) is 2.84. The Kier molecular flexibility index (Phi) is 4.46. The van der Waals surface area contributed by atoms with E-state index in [1.165, 1.54) is 16.4 Å². The van der Waals surface area contributed by atoms with E-state index in [0.717, 1.165) is 13.0 Å². The first-order chi connectivity index (χ1) is 9.36. The fourth-order valence-corrected chi connectivity index (χ4v) is 4.38. The number of aryl methyl sites for hydroxylation is 2. The van der Waals surface area contributed by atoms with Gasteiger partial charge >= 0.3 is 0 Å². The van der Waals surface area contributed by atoms with Crippen LogP contribution < -0.4 is 5.32 Å². The minimum absolute atomic E-state index is 0.194. The van der Waals surface area contributed by atoms with Crippen molar-refractivity contribution in [2.24, 2.45) is 5.92 Å². The van der Waals surface area contributed by atoms with E-state index in [2.05, 4.69) is 5.32 Å². The standard InChI is InChI=1S/C14H21FN2O2S/c1-10-6-13(7-11(2)14(10)15)20(18,19)17-5-4-12(9-17)8-16-3/h6-7,12,16H,4-5,8-9H2,1-3H3. The number of hydrogen-bond acceptors (Lipinski definition) is 3. The van der Waals surface area contributed by atoms with Crippen molar-refractivity contribution in [3.8, 4) is 0 Å². The van der Waals surface area contributed by atoms with E-state index in [1.54, 1.807) is 13.8 Å². The molecule has 1 saturated heterocycles. The van der Waals surface area contributed by atoms with Crippen LogP contribution in [0.1, 0.15) is 17.5 Å². The molecule has 1 aromatic carbocycles. The van der Waals surface area contributed by atoms with Gasteiger partial charge in [0.2, 0.25) is 10.0 Å². The first-order valence-electron chi connectivity index (χ1n) is 6.77. The number of halogens is 1. The number of rotatable bonds is 4. The van der Waals surface area contributed by atoms with Crippen molar-refractivity contribution in [1.29, 1.82) is 0 Å². The number of nitrogens with zero attached hydrogens (tertiary/aromatic N) is 1. The molecule has 0 amide bonds. The zero-order valence-corrected chi connectivity index (χ0v) is 12.9. The SMILES string of the molecule is CNCC1CCN(S(=O)(=O)c2cc(C)c(F)c(C)c2)C1. The van der Waals surface area contributed by atoms with Crippen LogP contribution in [-0.4, -0.2) is 39.4 Å². The normalized spacial score (nSPS) is 20.5. The second kappa shape index (κ2) is 5.79. The molecule has 20 heavy (non-hydrogen) atoms. The number of hydrogen-bond donors (Lipinski definition) is 1. The third kappa shape index (κ3) is 2.87. The molecule has 2 rings (SSSR count). The molecule has 0 aliphatic carbocycles. The molecule has 1 aromatic rings. The maximum Gasteiger partial charge on any atom is 0.243 e. The van der Waals surface area contributed by atoms with Crippen LogP contribution in [0.5, 0.6) is 0 Å². The highest BCUT2D eigenvalue weighted by atomic mass is 32.2. The van der Waals surface area contributed by atoms with Crippen LogP contribution >= 0.6 is 0 Å². The van der Waals surface area contributed by atoms with Gasteiger partial charge in [-0.15, -0.1) is 0 Å². The van der Waals surface area contributed by atoms with Crippen LogP contribution in [0, 0.1) is 25.6 Å². The van der Waals surface area contributed by atoms with Gasteiger partial charge in [-0.25, -0.2) is 12.8 Å². The molecule has 1 unspecified atom stereocenters. The van der Waals surface area contributed by atoms with Gasteiger partial charge in [-0.2, -0.15) is 4.31 Å². The van der Waals surface area contributed by atoms with E-state index in [0.29, 0.717) is 30.1 Å². The van der Waals surface area contributed by atoms with E-state index >= 15 is 0 Å². The molecule has 0 saturated carbocycles. The average Bonchev–Trinajstić information content (AvgIpc) is 2.85. The predicted octanol–water partition coefficient (Wildman–Crippen LogP) is 1.67. The molecule has 112 valence electrons. The summed E-state index contributed by atoms with van der Waals surface area (Å²) < 4.78 is 40.3. The highest BCUT2D eigenvalue weighted by Gasteiger charge is 2.32. The summed E-state index contributed by atoms with van der Waals surface area (Å²) in [5.74, 6) is 0.0100. The second-order valence-corrected chi connectivity index (χ2v) is 7.38. The van der Waals surface area contributed by atoms with Crippen molar-refractivity contribution in [3.63, 3.8) is 0 Å². The van der Waals surface area contributed by atoms with Crippen molar-refractivity contribution in [1.82, 2.24) is 9.62 Å². The fourth-order valence-electron chi connectivity index (χ4n) is 2.67. The minimum atomic E-state index is -3.51. The van der Waals surface area contributed by atoms with Gasteiger partial charge in [-0.3, -0.25) is 0 Å². The van der Waals surface area contributed by atoms with Gasteiger partial charge in [0.25, 0.3) is 0 Å². The van der Waals surface area contributed by atoms with Crippen LogP contribution in [0.15, 0.2) is 17.0 Å². The monoisotopic (exact) mass is 300 g/mol. The molecule has 1 heterocycles. The summed E-state index contributed by atoms with van der Waals surface area (Å²) in [7, 11) is -1.65. The Labute approximate surface area is 120 Å². The quantitative estimate of drug-likeness (QED) is 0.920. The third-order valence-electron chi connectivity index (χ3n) is 3.79. The van der Waals surface area contributed by atoms with Gasteiger partial charge in [0, 0.05) is 13.1 Å². The lowest BCUT2D eigenvalue weighted by Crippen LogP contribution is -2.30. The van der Waals surface area contributed by atoms with Crippen molar-refractivity contribution in [3.05, 3.63) is 29.1 Å². The number of benzene rings is 1. The molecule has 0 spiro atoms. The lowest BCUT2D eigenvalue weighted by Gasteiger charge is -2.17. The largest absolute Gasteiger partial charge is 0.319 e. The average molecular weight is 300 g/mol. The van der Waals surface area contributed by atoms with Gasteiger partial charge in [-0.05, 0) is 63.0 Å². The van der Waals surface area contributed by atoms with Gasteiger partial charge in [0.15, 0.2) is 0 Å². The zero-order valence-electron chi connectivity index (χ0n) is 12.1. The van der Waals surface area contributed by atoms with E-state index in [4.69, 9.17) is 0 Å². The Morgan fingerprint density at radius 3 is 2.50 bits per heavy atom. The Hall–Kier alpha value is -0.980. The zero-order chi connectivity index (χ0) is 14.9. The fraction of sp³-hybridized carbons (Fsp3) is 0.571. The molecule has 4 nitrogen and oxygen atoms in total. The first-order valence-corrected chi connectivity index (χ1v) is 8.21. The third-order valence-corrected chi connectivity index (χ3v) is 5.63. The topological polar surface area (TPSA) is 49.4 Å². The summed E-state index contributed by atoms with van der Waals surface area (Å²) in [5, 5.41) is 3.08. The second-order valence-electron chi connectivity index (χ2n) is 5.45. The highest BCUT2D eigenvalue weighted by Crippen LogP contribution is 2.26. The number of sulfonamides is 1. The highest BCUT2D eigenvalue weighted by molar-refractivity contribution is 7.89. The van der Waals surface area contributed by atoms with Gasteiger partial charge < -0.3 is 5.32 Å². The summed E-state index contributed by atoms with van der Waals surface area (Å²) in [6.07, 6.45) is 0.860. The van der Waals surface area contributed by atoms with Crippen LogP contribution in [0.4, 0.5) is 4.39 Å². The van der Waals surface area contributed by atoms with Crippen molar-refractivity contribution < 1.29 is 12.8 Å². The summed E-state index contributed by atoms with van der Waals surface area (Å²) in [4.78, 5) is 0.194. The molecule has 6 heteroatoms. The van der Waals surface area contributed by atoms with Gasteiger partial charge in [0.05, 0.1) is 4.90 Å². The van der Waals surface area contributed by atoms with Crippen molar-refractivity contribution >= 4 is 10.0 Å². The Morgan fingerprint density at radius 1 is 1.35 bits per heavy atom.